The van der Waals surface area contributed by atoms with Gasteiger partial charge in [0.25, 0.3) is 5.91 Å². The zero-order valence-electron chi connectivity index (χ0n) is 12.5. The van der Waals surface area contributed by atoms with E-state index in [1.54, 1.807) is 6.07 Å². The van der Waals surface area contributed by atoms with E-state index in [9.17, 15) is 10.1 Å². The number of carbonyl (C=O) groups excluding carboxylic acids is 1. The lowest BCUT2D eigenvalue weighted by Gasteiger charge is -2.08. The number of benzene rings is 2. The van der Waals surface area contributed by atoms with E-state index in [1.165, 1.54) is 6.08 Å². The lowest BCUT2D eigenvalue weighted by molar-refractivity contribution is -0.112. The first-order valence-electron chi connectivity index (χ1n) is 7.05. The summed E-state index contributed by atoms with van der Waals surface area (Å²) in [4.78, 5) is 12.3. The van der Waals surface area contributed by atoms with Crippen molar-refractivity contribution in [3.63, 3.8) is 0 Å². The monoisotopic (exact) mass is 418 g/mol. The molecule has 0 radical (unpaired) electrons. The fourth-order valence-electron chi connectivity index (χ4n) is 1.94. The molecule has 0 saturated heterocycles. The highest BCUT2D eigenvalue weighted by molar-refractivity contribution is 14.1. The minimum atomic E-state index is -0.442. The molecule has 0 aliphatic rings. The largest absolute Gasteiger partial charge is 0.493 e. The van der Waals surface area contributed by atoms with Crippen molar-refractivity contribution in [3.05, 3.63) is 63.2 Å². The number of halogens is 1. The van der Waals surface area contributed by atoms with Crippen LogP contribution in [0.1, 0.15) is 12.5 Å². The third kappa shape index (κ3) is 4.57. The number of ether oxygens (including phenoxy) is 1. The van der Waals surface area contributed by atoms with Crippen LogP contribution in [-0.4, -0.2) is 12.5 Å². The second-order valence-electron chi connectivity index (χ2n) is 4.57. The Morgan fingerprint density at radius 1 is 1.26 bits per heavy atom. The molecule has 0 saturated carbocycles. The Morgan fingerprint density at radius 3 is 2.65 bits per heavy atom. The van der Waals surface area contributed by atoms with Crippen molar-refractivity contribution in [1.29, 1.82) is 5.26 Å². The molecule has 1 amide bonds. The highest BCUT2D eigenvalue weighted by Crippen LogP contribution is 2.22. The van der Waals surface area contributed by atoms with Gasteiger partial charge in [0.2, 0.25) is 0 Å². The summed E-state index contributed by atoms with van der Waals surface area (Å²) in [5.74, 6) is 0.202. The van der Waals surface area contributed by atoms with Crippen molar-refractivity contribution in [3.8, 4) is 11.8 Å². The maximum atomic E-state index is 12.3. The lowest BCUT2D eigenvalue weighted by Crippen LogP contribution is -2.14. The molecular weight excluding hydrogens is 403 g/mol. The van der Waals surface area contributed by atoms with Crippen molar-refractivity contribution in [2.45, 2.75) is 6.92 Å². The van der Waals surface area contributed by atoms with E-state index in [4.69, 9.17) is 4.74 Å². The first-order chi connectivity index (χ1) is 11.2. The fraction of sp³-hybridized carbons (Fsp3) is 0.111. The molecule has 0 atom stereocenters. The van der Waals surface area contributed by atoms with Crippen LogP contribution in [0.5, 0.6) is 5.75 Å². The van der Waals surface area contributed by atoms with E-state index in [0.717, 1.165) is 3.57 Å². The van der Waals surface area contributed by atoms with Gasteiger partial charge in [-0.05, 0) is 53.8 Å². The van der Waals surface area contributed by atoms with Crippen LogP contribution in [0.4, 0.5) is 5.69 Å². The van der Waals surface area contributed by atoms with Crippen LogP contribution >= 0.6 is 22.6 Å². The predicted molar refractivity (Wildman–Crippen MR) is 99.0 cm³/mol. The van der Waals surface area contributed by atoms with E-state index < -0.39 is 5.91 Å². The molecule has 23 heavy (non-hydrogen) atoms. The Balaban J connectivity index is 2.27. The Kier molecular flexibility index (Phi) is 6.18. The number of nitrogens with zero attached hydrogens (tertiary/aromatic N) is 1. The summed E-state index contributed by atoms with van der Waals surface area (Å²) in [5, 5.41) is 12.1. The van der Waals surface area contributed by atoms with Crippen LogP contribution < -0.4 is 10.1 Å². The number of nitrogens with one attached hydrogen (secondary N) is 1. The SMILES string of the molecule is CCOc1ccccc1C=C(C#N)C(=O)Nc1ccccc1I. The number of nitriles is 1. The Morgan fingerprint density at radius 2 is 1.96 bits per heavy atom. The molecule has 2 rings (SSSR count). The fourth-order valence-corrected chi connectivity index (χ4v) is 2.47. The molecule has 4 nitrogen and oxygen atoms in total. The normalized spacial score (nSPS) is 10.7. The molecule has 0 aliphatic carbocycles. The molecule has 0 bridgehead atoms. The van der Waals surface area contributed by atoms with Crippen molar-refractivity contribution >= 4 is 40.3 Å². The zero-order chi connectivity index (χ0) is 16.7. The average molecular weight is 418 g/mol. The predicted octanol–water partition coefficient (Wildman–Crippen LogP) is 4.24. The molecule has 0 spiro atoms. The number of rotatable bonds is 5. The van der Waals surface area contributed by atoms with Gasteiger partial charge in [0.15, 0.2) is 0 Å². The number of hydrogen-bond donors (Lipinski definition) is 1. The molecule has 0 aromatic heterocycles. The van der Waals surface area contributed by atoms with Gasteiger partial charge in [-0.25, -0.2) is 0 Å². The maximum absolute atomic E-state index is 12.3. The van der Waals surface area contributed by atoms with Gasteiger partial charge in [-0.2, -0.15) is 5.26 Å². The highest BCUT2D eigenvalue weighted by Gasteiger charge is 2.12. The van der Waals surface area contributed by atoms with Crippen LogP contribution in [0.25, 0.3) is 6.08 Å². The molecule has 0 fully saturated rings. The first-order valence-corrected chi connectivity index (χ1v) is 8.13. The Labute approximate surface area is 148 Å². The summed E-state index contributed by atoms with van der Waals surface area (Å²) < 4.78 is 6.42. The van der Waals surface area contributed by atoms with Gasteiger partial charge in [0, 0.05) is 9.13 Å². The van der Waals surface area contributed by atoms with Gasteiger partial charge in [0.1, 0.15) is 17.4 Å². The molecule has 2 aromatic rings. The molecule has 0 heterocycles. The van der Waals surface area contributed by atoms with E-state index in [-0.39, 0.29) is 5.57 Å². The number of amides is 1. The van der Waals surface area contributed by atoms with Crippen molar-refractivity contribution in [2.75, 3.05) is 11.9 Å². The van der Waals surface area contributed by atoms with E-state index in [0.29, 0.717) is 23.6 Å². The van der Waals surface area contributed by atoms with Gasteiger partial charge < -0.3 is 10.1 Å². The number of anilines is 1. The number of hydrogen-bond acceptors (Lipinski definition) is 3. The second kappa shape index (κ2) is 8.34. The Bertz CT molecular complexity index is 779. The quantitative estimate of drug-likeness (QED) is 0.449. The topological polar surface area (TPSA) is 62.1 Å². The Hall–Kier alpha value is -2.33. The van der Waals surface area contributed by atoms with Crippen molar-refractivity contribution in [2.24, 2.45) is 0 Å². The maximum Gasteiger partial charge on any atom is 0.266 e. The van der Waals surface area contributed by atoms with Crippen molar-refractivity contribution < 1.29 is 9.53 Å². The average Bonchev–Trinajstić information content (AvgIpc) is 2.56. The van der Waals surface area contributed by atoms with E-state index in [2.05, 4.69) is 27.9 Å². The van der Waals surface area contributed by atoms with Crippen LogP contribution in [0.3, 0.4) is 0 Å². The van der Waals surface area contributed by atoms with Gasteiger partial charge in [-0.3, -0.25) is 4.79 Å². The molecule has 1 N–H and O–H groups in total. The summed E-state index contributed by atoms with van der Waals surface area (Å²) in [6, 6.07) is 16.6. The third-order valence-electron chi connectivity index (χ3n) is 3.01. The molecule has 2 aromatic carbocycles. The number of carbonyl (C=O) groups is 1. The third-order valence-corrected chi connectivity index (χ3v) is 3.95. The minimum Gasteiger partial charge on any atom is -0.493 e. The van der Waals surface area contributed by atoms with Gasteiger partial charge >= 0.3 is 0 Å². The smallest absolute Gasteiger partial charge is 0.266 e. The second-order valence-corrected chi connectivity index (χ2v) is 5.74. The number of para-hydroxylation sites is 2. The molecular formula is C18H15IN2O2. The molecule has 0 unspecified atom stereocenters. The molecule has 116 valence electrons. The summed E-state index contributed by atoms with van der Waals surface area (Å²) in [6.07, 6.45) is 1.54. The van der Waals surface area contributed by atoms with E-state index >= 15 is 0 Å². The summed E-state index contributed by atoms with van der Waals surface area (Å²) in [5.41, 5.74) is 1.40. The summed E-state index contributed by atoms with van der Waals surface area (Å²) in [7, 11) is 0. The van der Waals surface area contributed by atoms with E-state index in [1.807, 2.05) is 55.5 Å². The molecule has 0 aliphatic heterocycles. The lowest BCUT2D eigenvalue weighted by atomic mass is 10.1. The van der Waals surface area contributed by atoms with Gasteiger partial charge in [-0.1, -0.05) is 30.3 Å². The summed E-state index contributed by atoms with van der Waals surface area (Å²) >= 11 is 2.13. The first kappa shape index (κ1) is 17.0. The van der Waals surface area contributed by atoms with Crippen LogP contribution in [0, 0.1) is 14.9 Å². The van der Waals surface area contributed by atoms with Crippen LogP contribution in [0.15, 0.2) is 54.1 Å². The van der Waals surface area contributed by atoms with Gasteiger partial charge in [-0.15, -0.1) is 0 Å². The summed E-state index contributed by atoms with van der Waals surface area (Å²) in [6.45, 7) is 2.40. The van der Waals surface area contributed by atoms with Crippen LogP contribution in [0.2, 0.25) is 0 Å². The highest BCUT2D eigenvalue weighted by atomic mass is 127. The van der Waals surface area contributed by atoms with Crippen molar-refractivity contribution in [1.82, 2.24) is 0 Å². The molecule has 5 heteroatoms. The van der Waals surface area contributed by atoms with Crippen LogP contribution in [-0.2, 0) is 4.79 Å². The standard InChI is InChI=1S/C18H15IN2O2/c1-2-23-17-10-6-3-7-13(17)11-14(12-20)18(22)21-16-9-5-4-8-15(16)19/h3-11H,2H2,1H3,(H,21,22). The zero-order valence-corrected chi connectivity index (χ0v) is 14.7. The van der Waals surface area contributed by atoms with Gasteiger partial charge in [0.05, 0.1) is 12.3 Å². The minimum absolute atomic E-state index is 0.0248.